The Bertz CT molecular complexity index is 1470. The summed E-state index contributed by atoms with van der Waals surface area (Å²) in [5.74, 6) is -1.34. The molecule has 5 rings (SSSR count). The van der Waals surface area contributed by atoms with Crippen LogP contribution in [0, 0.1) is 6.92 Å². The molecule has 12 nitrogen and oxygen atoms in total. The van der Waals surface area contributed by atoms with Crippen molar-refractivity contribution in [2.75, 3.05) is 31.5 Å². The number of guanidine groups is 1. The first-order valence-electron chi connectivity index (χ1n) is 13.4. The first-order valence-corrected chi connectivity index (χ1v) is 13.4. The van der Waals surface area contributed by atoms with Crippen LogP contribution in [-0.2, 0) is 9.59 Å². The number of furan rings is 2. The molecule has 4 amide bonds. The Hall–Kier alpha value is -4.61. The molecule has 40 heavy (non-hydrogen) atoms. The topological polar surface area (TPSA) is 163 Å². The van der Waals surface area contributed by atoms with E-state index in [1.807, 2.05) is 19.1 Å². The minimum Gasteiger partial charge on any atom is -0.461 e. The molecule has 0 radical (unpaired) electrons. The van der Waals surface area contributed by atoms with E-state index < -0.39 is 17.9 Å². The van der Waals surface area contributed by atoms with Crippen molar-refractivity contribution in [2.45, 2.75) is 45.1 Å². The summed E-state index contributed by atoms with van der Waals surface area (Å²) >= 11 is 0. The Kier molecular flexibility index (Phi) is 7.85. The highest BCUT2D eigenvalue weighted by molar-refractivity contribution is 6.10. The summed E-state index contributed by atoms with van der Waals surface area (Å²) in [6, 6.07) is 9.10. The molecule has 0 spiro atoms. The maximum atomic E-state index is 13.5. The molecule has 1 unspecified atom stereocenters. The van der Waals surface area contributed by atoms with Gasteiger partial charge >= 0.3 is 0 Å². The molecular weight excluding hydrogens is 516 g/mol. The Morgan fingerprint density at radius 2 is 1.75 bits per heavy atom. The average molecular weight is 549 g/mol. The van der Waals surface area contributed by atoms with Gasteiger partial charge in [0, 0.05) is 30.7 Å². The number of benzene rings is 1. The van der Waals surface area contributed by atoms with Gasteiger partial charge in [0.1, 0.15) is 17.4 Å². The Balaban J connectivity index is 1.40. The molecule has 0 aliphatic carbocycles. The molecule has 2 aromatic heterocycles. The van der Waals surface area contributed by atoms with Gasteiger partial charge in [-0.2, -0.15) is 0 Å². The summed E-state index contributed by atoms with van der Waals surface area (Å²) in [6.07, 6.45) is 3.89. The second-order valence-electron chi connectivity index (χ2n) is 10.1. The number of nitrogens with zero attached hydrogens (tertiary/aromatic N) is 3. The highest BCUT2D eigenvalue weighted by atomic mass is 16.4. The van der Waals surface area contributed by atoms with E-state index in [-0.39, 0.29) is 35.8 Å². The number of nitrogens with one attached hydrogen (secondary N) is 2. The molecular formula is C28H32N6O6. The molecule has 2 aliphatic rings. The lowest BCUT2D eigenvalue weighted by Crippen LogP contribution is -2.45. The molecule has 12 heteroatoms. The fraction of sp³-hybridized carbons (Fsp3) is 0.393. The van der Waals surface area contributed by atoms with Crippen LogP contribution in [0.3, 0.4) is 0 Å². The molecule has 2 saturated heterocycles. The van der Waals surface area contributed by atoms with Crippen molar-refractivity contribution in [3.63, 3.8) is 0 Å². The Morgan fingerprint density at radius 1 is 1.00 bits per heavy atom. The van der Waals surface area contributed by atoms with Gasteiger partial charge in [-0.1, -0.05) is 0 Å². The van der Waals surface area contributed by atoms with E-state index in [4.69, 9.17) is 14.6 Å². The van der Waals surface area contributed by atoms with Gasteiger partial charge in [0.15, 0.2) is 11.5 Å². The maximum Gasteiger partial charge on any atom is 0.293 e. The number of carbonyl (C=O) groups is 4. The van der Waals surface area contributed by atoms with Gasteiger partial charge in [-0.3, -0.25) is 24.5 Å². The predicted molar refractivity (Wildman–Crippen MR) is 147 cm³/mol. The SMILES string of the molecule is Cc1cc2cc(NC(=NC3CCCCN(CC(=O)N4CCCC4)C3=O)NC(=O)c3ccc(C(N)=O)o3)ccc2o1. The number of amides is 4. The van der Waals surface area contributed by atoms with E-state index in [2.05, 4.69) is 15.6 Å². The number of aliphatic imine (C=N–C) groups is 1. The lowest BCUT2D eigenvalue weighted by molar-refractivity contribution is -0.140. The van der Waals surface area contributed by atoms with Crippen molar-refractivity contribution in [2.24, 2.45) is 10.7 Å². The highest BCUT2D eigenvalue weighted by Crippen LogP contribution is 2.23. The Labute approximate surface area is 230 Å². The summed E-state index contributed by atoms with van der Waals surface area (Å²) in [4.78, 5) is 58.7. The van der Waals surface area contributed by atoms with E-state index in [1.165, 1.54) is 12.1 Å². The molecule has 2 fully saturated rings. The van der Waals surface area contributed by atoms with Gasteiger partial charge in [0.05, 0.1) is 6.54 Å². The zero-order valence-corrected chi connectivity index (χ0v) is 22.3. The third-order valence-corrected chi connectivity index (χ3v) is 7.03. The van der Waals surface area contributed by atoms with Crippen molar-refractivity contribution in [3.05, 3.63) is 53.7 Å². The van der Waals surface area contributed by atoms with E-state index in [9.17, 15) is 19.2 Å². The molecule has 210 valence electrons. The fourth-order valence-corrected chi connectivity index (χ4v) is 5.00. The summed E-state index contributed by atoms with van der Waals surface area (Å²) in [6.45, 7) is 3.76. The number of primary amides is 1. The van der Waals surface area contributed by atoms with Gasteiger partial charge in [-0.25, -0.2) is 4.99 Å². The standard InChI is InChI=1S/C28H32N6O6/c1-17-14-18-15-19(7-8-21(18)39-17)30-28(32-26(37)23-10-9-22(40-23)25(29)36)31-20-6-2-3-13-34(27(20)38)16-24(35)33-11-4-5-12-33/h7-10,14-15,20H,2-6,11-13,16H2,1H3,(H2,29,36)(H2,30,31,32,37). The first kappa shape index (κ1) is 27.0. The van der Waals surface area contributed by atoms with Crippen LogP contribution >= 0.6 is 0 Å². The molecule has 4 heterocycles. The number of hydrogen-bond donors (Lipinski definition) is 3. The number of rotatable bonds is 6. The minimum atomic E-state index is -0.811. The van der Waals surface area contributed by atoms with Crippen molar-refractivity contribution >= 4 is 46.2 Å². The number of carbonyl (C=O) groups excluding carboxylic acids is 4. The van der Waals surface area contributed by atoms with Crippen molar-refractivity contribution in [1.29, 1.82) is 0 Å². The molecule has 4 N–H and O–H groups in total. The molecule has 0 saturated carbocycles. The summed E-state index contributed by atoms with van der Waals surface area (Å²) in [5, 5.41) is 6.61. The van der Waals surface area contributed by atoms with Gasteiger partial charge in [-0.15, -0.1) is 0 Å². The summed E-state index contributed by atoms with van der Waals surface area (Å²) < 4.78 is 10.9. The van der Waals surface area contributed by atoms with E-state index in [0.29, 0.717) is 37.3 Å². The van der Waals surface area contributed by atoms with Crippen LogP contribution in [0.5, 0.6) is 0 Å². The van der Waals surface area contributed by atoms with Crippen molar-refractivity contribution in [1.82, 2.24) is 15.1 Å². The fourth-order valence-electron chi connectivity index (χ4n) is 5.00. The maximum absolute atomic E-state index is 13.5. The summed E-state index contributed by atoms with van der Waals surface area (Å²) in [7, 11) is 0. The van der Waals surface area contributed by atoms with Gasteiger partial charge in [0.25, 0.3) is 11.8 Å². The molecule has 1 aromatic carbocycles. The van der Waals surface area contributed by atoms with E-state index in [1.54, 1.807) is 21.9 Å². The van der Waals surface area contributed by atoms with Crippen molar-refractivity contribution < 1.29 is 28.0 Å². The van der Waals surface area contributed by atoms with E-state index >= 15 is 0 Å². The number of aryl methyl sites for hydroxylation is 1. The second-order valence-corrected chi connectivity index (χ2v) is 10.1. The Morgan fingerprint density at radius 3 is 2.50 bits per heavy atom. The molecule has 0 bridgehead atoms. The number of nitrogens with two attached hydrogens (primary N) is 1. The first-order chi connectivity index (χ1) is 19.3. The monoisotopic (exact) mass is 548 g/mol. The quantitative estimate of drug-likeness (QED) is 0.315. The van der Waals surface area contributed by atoms with Crippen LogP contribution < -0.4 is 16.4 Å². The zero-order valence-electron chi connectivity index (χ0n) is 22.3. The second kappa shape index (κ2) is 11.6. The van der Waals surface area contributed by atoms with Crippen LogP contribution in [-0.4, -0.2) is 71.6 Å². The highest BCUT2D eigenvalue weighted by Gasteiger charge is 2.30. The van der Waals surface area contributed by atoms with E-state index in [0.717, 1.165) is 36.8 Å². The molecule has 2 aliphatic heterocycles. The van der Waals surface area contributed by atoms with Gasteiger partial charge in [0.2, 0.25) is 17.8 Å². The normalized spacial score (nSPS) is 18.2. The largest absolute Gasteiger partial charge is 0.461 e. The summed E-state index contributed by atoms with van der Waals surface area (Å²) in [5.41, 5.74) is 6.55. The number of anilines is 1. The average Bonchev–Trinajstić information content (AvgIpc) is 3.67. The lowest BCUT2D eigenvalue weighted by atomic mass is 10.1. The zero-order chi connectivity index (χ0) is 28.2. The van der Waals surface area contributed by atoms with Crippen LogP contribution in [0.2, 0.25) is 0 Å². The van der Waals surface area contributed by atoms with Gasteiger partial charge in [-0.05, 0) is 75.4 Å². The minimum absolute atomic E-state index is 0.0127. The van der Waals surface area contributed by atoms with Crippen molar-refractivity contribution in [3.8, 4) is 0 Å². The molecule has 3 aromatic rings. The van der Waals surface area contributed by atoms with Crippen LogP contribution in [0.15, 0.2) is 50.2 Å². The number of hydrogen-bond acceptors (Lipinski definition) is 7. The third-order valence-electron chi connectivity index (χ3n) is 7.03. The number of likely N-dealkylation sites (tertiary alicyclic amines) is 2. The van der Waals surface area contributed by atoms with Crippen LogP contribution in [0.4, 0.5) is 5.69 Å². The molecule has 1 atom stereocenters. The van der Waals surface area contributed by atoms with Crippen LogP contribution in [0.25, 0.3) is 11.0 Å². The number of fused-ring (bicyclic) bond motifs is 1. The lowest BCUT2D eigenvalue weighted by Gasteiger charge is -2.25. The predicted octanol–water partition coefficient (Wildman–Crippen LogP) is 2.63. The smallest absolute Gasteiger partial charge is 0.293 e. The van der Waals surface area contributed by atoms with Gasteiger partial charge < -0.3 is 29.7 Å². The van der Waals surface area contributed by atoms with Crippen LogP contribution in [0.1, 0.15) is 59.0 Å². The third kappa shape index (κ3) is 6.16.